The van der Waals surface area contributed by atoms with Crippen molar-refractivity contribution < 1.29 is 9.47 Å². The van der Waals surface area contributed by atoms with Crippen molar-refractivity contribution in [1.82, 2.24) is 0 Å². The minimum atomic E-state index is 0.357. The molecule has 0 N–H and O–H groups in total. The van der Waals surface area contributed by atoms with Crippen LogP contribution in [0.1, 0.15) is 65.2 Å². The number of hydrogen-bond donors (Lipinski definition) is 0. The first-order valence-electron chi connectivity index (χ1n) is 8.05. The average Bonchev–Trinajstić information content (AvgIpc) is 2.38. The number of rotatable bonds is 2. The summed E-state index contributed by atoms with van der Waals surface area (Å²) in [4.78, 5) is 0.694. The van der Waals surface area contributed by atoms with Crippen molar-refractivity contribution in [3.63, 3.8) is 0 Å². The van der Waals surface area contributed by atoms with Crippen LogP contribution < -0.4 is 0 Å². The summed E-state index contributed by atoms with van der Waals surface area (Å²) in [6.45, 7) is 4.35. The molecule has 0 radical (unpaired) electrons. The Hall–Kier alpha value is 0.400. The van der Waals surface area contributed by atoms with Crippen LogP contribution in [0.15, 0.2) is 0 Å². The monoisotopic (exact) mass is 330 g/mol. The summed E-state index contributed by atoms with van der Waals surface area (Å²) >= 11 is 3.90. The molecule has 3 fully saturated rings. The zero-order valence-electron chi connectivity index (χ0n) is 12.2. The molecular formula is C16H27BrO2. The summed E-state index contributed by atoms with van der Waals surface area (Å²) in [5.74, 6) is 0. The minimum Gasteiger partial charge on any atom is -0.375 e. The standard InChI is InChI=1S/C16H27BrO2/c1-11-8-13(9-12(2)18-11)19-15-10-14(17)16(15)6-4-3-5-7-16/h11-15H,3-10H2,1-2H3. The van der Waals surface area contributed by atoms with E-state index in [9.17, 15) is 0 Å². The lowest BCUT2D eigenvalue weighted by atomic mass is 9.58. The van der Waals surface area contributed by atoms with E-state index in [0.29, 0.717) is 34.7 Å². The fraction of sp³-hybridized carbons (Fsp3) is 1.00. The summed E-state index contributed by atoms with van der Waals surface area (Å²) in [6.07, 6.45) is 11.9. The Morgan fingerprint density at radius 2 is 1.63 bits per heavy atom. The van der Waals surface area contributed by atoms with E-state index >= 15 is 0 Å². The second kappa shape index (κ2) is 5.65. The minimum absolute atomic E-state index is 0.357. The lowest BCUT2D eigenvalue weighted by Crippen LogP contribution is -2.58. The van der Waals surface area contributed by atoms with E-state index in [4.69, 9.17) is 9.47 Å². The van der Waals surface area contributed by atoms with Gasteiger partial charge in [0.1, 0.15) is 0 Å². The van der Waals surface area contributed by atoms with E-state index in [1.54, 1.807) is 0 Å². The Balaban J connectivity index is 1.60. The molecule has 2 aliphatic carbocycles. The third-order valence-corrected chi connectivity index (χ3v) is 6.77. The van der Waals surface area contributed by atoms with Crippen LogP contribution in [-0.4, -0.2) is 29.2 Å². The van der Waals surface area contributed by atoms with Gasteiger partial charge in [0.05, 0.1) is 24.4 Å². The maximum Gasteiger partial charge on any atom is 0.0656 e. The molecular weight excluding hydrogens is 304 g/mol. The van der Waals surface area contributed by atoms with Crippen LogP contribution in [0.4, 0.5) is 0 Å². The molecule has 110 valence electrons. The Labute approximate surface area is 125 Å². The van der Waals surface area contributed by atoms with Crippen molar-refractivity contribution in [3.05, 3.63) is 0 Å². The molecule has 4 atom stereocenters. The van der Waals surface area contributed by atoms with Crippen molar-refractivity contribution in [2.45, 2.75) is 94.5 Å². The molecule has 1 spiro atoms. The predicted octanol–water partition coefficient (Wildman–Crippen LogP) is 4.45. The van der Waals surface area contributed by atoms with Crippen LogP contribution in [-0.2, 0) is 9.47 Å². The lowest BCUT2D eigenvalue weighted by Gasteiger charge is -2.56. The fourth-order valence-electron chi connectivity index (χ4n) is 4.42. The number of hydrogen-bond acceptors (Lipinski definition) is 2. The van der Waals surface area contributed by atoms with Crippen LogP contribution >= 0.6 is 15.9 Å². The van der Waals surface area contributed by atoms with Crippen LogP contribution in [0, 0.1) is 5.41 Å². The quantitative estimate of drug-likeness (QED) is 0.696. The molecule has 0 aromatic rings. The van der Waals surface area contributed by atoms with Gasteiger partial charge < -0.3 is 9.47 Å². The van der Waals surface area contributed by atoms with E-state index in [1.165, 1.54) is 38.5 Å². The van der Waals surface area contributed by atoms with Gasteiger partial charge in [-0.3, -0.25) is 0 Å². The topological polar surface area (TPSA) is 18.5 Å². The zero-order valence-corrected chi connectivity index (χ0v) is 13.8. The van der Waals surface area contributed by atoms with Crippen molar-refractivity contribution in [1.29, 1.82) is 0 Å². The van der Waals surface area contributed by atoms with Gasteiger partial charge in [0.15, 0.2) is 0 Å². The third-order valence-electron chi connectivity index (χ3n) is 5.48. The predicted molar refractivity (Wildman–Crippen MR) is 80.8 cm³/mol. The van der Waals surface area contributed by atoms with E-state index in [2.05, 4.69) is 29.8 Å². The molecule has 3 heteroatoms. The molecule has 0 bridgehead atoms. The van der Waals surface area contributed by atoms with Crippen molar-refractivity contribution in [3.8, 4) is 0 Å². The normalized spacial score (nSPS) is 45.9. The molecule has 1 saturated heterocycles. The maximum absolute atomic E-state index is 6.52. The second-order valence-electron chi connectivity index (χ2n) is 6.97. The Kier molecular flexibility index (Phi) is 4.26. The van der Waals surface area contributed by atoms with E-state index < -0.39 is 0 Å². The maximum atomic E-state index is 6.52. The van der Waals surface area contributed by atoms with Gasteiger partial charge >= 0.3 is 0 Å². The van der Waals surface area contributed by atoms with Gasteiger partial charge in [-0.1, -0.05) is 35.2 Å². The highest BCUT2D eigenvalue weighted by molar-refractivity contribution is 9.09. The van der Waals surface area contributed by atoms with Gasteiger partial charge in [0.2, 0.25) is 0 Å². The highest BCUT2D eigenvalue weighted by Crippen LogP contribution is 2.57. The summed E-state index contributed by atoms with van der Waals surface area (Å²) in [7, 11) is 0. The van der Waals surface area contributed by atoms with E-state index in [0.717, 1.165) is 12.8 Å². The van der Waals surface area contributed by atoms with Crippen molar-refractivity contribution >= 4 is 15.9 Å². The van der Waals surface area contributed by atoms with Crippen molar-refractivity contribution in [2.75, 3.05) is 0 Å². The fourth-order valence-corrected chi connectivity index (χ4v) is 5.51. The van der Waals surface area contributed by atoms with Crippen LogP contribution in [0.5, 0.6) is 0 Å². The molecule has 0 amide bonds. The van der Waals surface area contributed by atoms with Crippen LogP contribution in [0.3, 0.4) is 0 Å². The van der Waals surface area contributed by atoms with Gasteiger partial charge in [0, 0.05) is 10.2 Å². The van der Waals surface area contributed by atoms with E-state index in [-0.39, 0.29) is 0 Å². The number of alkyl halides is 1. The first-order valence-corrected chi connectivity index (χ1v) is 8.97. The summed E-state index contributed by atoms with van der Waals surface area (Å²) < 4.78 is 12.3. The van der Waals surface area contributed by atoms with Crippen LogP contribution in [0.25, 0.3) is 0 Å². The third kappa shape index (κ3) is 2.75. The molecule has 1 aliphatic heterocycles. The molecule has 0 aromatic heterocycles. The molecule has 2 nitrogen and oxygen atoms in total. The van der Waals surface area contributed by atoms with Gasteiger partial charge in [-0.2, -0.15) is 0 Å². The first-order chi connectivity index (χ1) is 9.10. The molecule has 3 rings (SSSR count). The second-order valence-corrected chi connectivity index (χ2v) is 8.08. The summed E-state index contributed by atoms with van der Waals surface area (Å²) in [5.41, 5.74) is 0.461. The number of halogens is 1. The van der Waals surface area contributed by atoms with E-state index in [1.807, 2.05) is 0 Å². The average molecular weight is 331 g/mol. The zero-order chi connectivity index (χ0) is 13.5. The lowest BCUT2D eigenvalue weighted by molar-refractivity contribution is -0.184. The Bertz CT molecular complexity index is 304. The summed E-state index contributed by atoms with van der Waals surface area (Å²) in [6, 6.07) is 0. The molecule has 19 heavy (non-hydrogen) atoms. The first kappa shape index (κ1) is 14.3. The van der Waals surface area contributed by atoms with Gasteiger partial charge in [-0.15, -0.1) is 0 Å². The molecule has 4 unspecified atom stereocenters. The highest BCUT2D eigenvalue weighted by atomic mass is 79.9. The van der Waals surface area contributed by atoms with Crippen LogP contribution in [0.2, 0.25) is 0 Å². The van der Waals surface area contributed by atoms with Gasteiger partial charge in [0.25, 0.3) is 0 Å². The smallest absolute Gasteiger partial charge is 0.0656 e. The molecule has 2 saturated carbocycles. The summed E-state index contributed by atoms with van der Waals surface area (Å²) in [5, 5.41) is 0. The number of ether oxygens (including phenoxy) is 2. The highest BCUT2D eigenvalue weighted by Gasteiger charge is 2.55. The van der Waals surface area contributed by atoms with Crippen molar-refractivity contribution in [2.24, 2.45) is 5.41 Å². The molecule has 0 aromatic carbocycles. The Morgan fingerprint density at radius 3 is 2.21 bits per heavy atom. The molecule has 3 aliphatic rings. The largest absolute Gasteiger partial charge is 0.375 e. The SMILES string of the molecule is CC1CC(OC2CC(Br)C23CCCCC3)CC(C)O1. The Morgan fingerprint density at radius 1 is 1.00 bits per heavy atom. The van der Waals surface area contributed by atoms with Gasteiger partial charge in [-0.05, 0) is 46.0 Å². The molecule has 1 heterocycles. The van der Waals surface area contributed by atoms with Gasteiger partial charge in [-0.25, -0.2) is 0 Å².